The molecule has 1 N–H and O–H groups in total. The van der Waals surface area contributed by atoms with E-state index in [1.807, 2.05) is 46.3 Å². The van der Waals surface area contributed by atoms with Gasteiger partial charge in [-0.3, -0.25) is 9.58 Å². The number of alkyl halides is 3. The van der Waals surface area contributed by atoms with E-state index < -0.39 is 12.2 Å². The SMILES string of the molecule is Cn1cc(CN2CCCCC2c2cc3n(n2)[C@@H](C(F)(F)F)C[C@@H](C(C)(C)C)N3)cn1. The number of anilines is 1. The molecular weight excluding hydrogens is 393 g/mol. The minimum atomic E-state index is -4.33. The molecule has 1 unspecified atom stereocenters. The lowest BCUT2D eigenvalue weighted by molar-refractivity contribution is -0.175. The molecule has 4 rings (SSSR count). The number of nitrogens with zero attached hydrogens (tertiary/aromatic N) is 5. The molecule has 1 fully saturated rings. The smallest absolute Gasteiger partial charge is 0.367 e. The van der Waals surface area contributed by atoms with Crippen LogP contribution in [0, 0.1) is 5.41 Å². The van der Waals surface area contributed by atoms with E-state index in [2.05, 4.69) is 20.4 Å². The predicted molar refractivity (Wildman–Crippen MR) is 109 cm³/mol. The molecule has 1 saturated heterocycles. The Morgan fingerprint density at radius 1 is 1.20 bits per heavy atom. The predicted octanol–water partition coefficient (Wildman–Crippen LogP) is 4.68. The summed E-state index contributed by atoms with van der Waals surface area (Å²) in [5.74, 6) is 0.477. The van der Waals surface area contributed by atoms with Crippen molar-refractivity contribution in [3.8, 4) is 0 Å². The van der Waals surface area contributed by atoms with Gasteiger partial charge in [0.2, 0.25) is 0 Å². The molecule has 6 nitrogen and oxygen atoms in total. The fourth-order valence-corrected chi connectivity index (χ4v) is 4.63. The number of piperidine rings is 1. The highest BCUT2D eigenvalue weighted by atomic mass is 19.4. The van der Waals surface area contributed by atoms with Gasteiger partial charge in [-0.25, -0.2) is 4.68 Å². The number of halogens is 3. The molecule has 2 aromatic rings. The molecule has 3 atom stereocenters. The average molecular weight is 425 g/mol. The monoisotopic (exact) mass is 424 g/mol. The molecule has 0 amide bonds. The Labute approximate surface area is 175 Å². The normalized spacial score (nSPS) is 25.8. The van der Waals surface area contributed by atoms with Gasteiger partial charge in [0.15, 0.2) is 6.04 Å². The number of hydrogen-bond acceptors (Lipinski definition) is 4. The van der Waals surface area contributed by atoms with Crippen LogP contribution in [0.5, 0.6) is 0 Å². The Morgan fingerprint density at radius 2 is 1.97 bits per heavy atom. The molecule has 0 bridgehead atoms. The maximum atomic E-state index is 13.9. The molecule has 0 saturated carbocycles. The Bertz CT molecular complexity index is 878. The number of hydrogen-bond donors (Lipinski definition) is 1. The molecule has 0 radical (unpaired) electrons. The summed E-state index contributed by atoms with van der Waals surface area (Å²) in [7, 11) is 1.88. The number of aromatic nitrogens is 4. The third-order valence-corrected chi connectivity index (χ3v) is 6.35. The van der Waals surface area contributed by atoms with Gasteiger partial charge < -0.3 is 5.32 Å². The van der Waals surface area contributed by atoms with Crippen LogP contribution in [-0.2, 0) is 13.6 Å². The van der Waals surface area contributed by atoms with Crippen LogP contribution in [0.4, 0.5) is 19.0 Å². The first-order valence-corrected chi connectivity index (χ1v) is 10.7. The van der Waals surface area contributed by atoms with E-state index in [0.29, 0.717) is 5.82 Å². The van der Waals surface area contributed by atoms with E-state index in [4.69, 9.17) is 0 Å². The lowest BCUT2D eigenvalue weighted by atomic mass is 9.82. The lowest BCUT2D eigenvalue weighted by Gasteiger charge is -2.39. The molecule has 2 aromatic heterocycles. The minimum absolute atomic E-state index is 0.00874. The molecule has 4 heterocycles. The molecular formula is C21H31F3N6. The highest BCUT2D eigenvalue weighted by Gasteiger charge is 2.48. The van der Waals surface area contributed by atoms with Gasteiger partial charge in [-0.1, -0.05) is 27.2 Å². The summed E-state index contributed by atoms with van der Waals surface area (Å²) in [5, 5.41) is 12.1. The average Bonchev–Trinajstić information content (AvgIpc) is 3.25. The fourth-order valence-electron chi connectivity index (χ4n) is 4.63. The number of likely N-dealkylation sites (tertiary alicyclic amines) is 1. The van der Waals surface area contributed by atoms with Crippen molar-refractivity contribution in [2.45, 2.75) is 77.3 Å². The van der Waals surface area contributed by atoms with Crippen molar-refractivity contribution >= 4 is 5.82 Å². The number of rotatable bonds is 3. The first-order chi connectivity index (χ1) is 14.0. The topological polar surface area (TPSA) is 50.9 Å². The van der Waals surface area contributed by atoms with Crippen molar-refractivity contribution in [2.75, 3.05) is 11.9 Å². The number of fused-ring (bicyclic) bond motifs is 1. The van der Waals surface area contributed by atoms with Crippen LogP contribution in [0.1, 0.15) is 69.8 Å². The molecule has 2 aliphatic heterocycles. The minimum Gasteiger partial charge on any atom is -0.367 e. The Kier molecular flexibility index (Phi) is 5.36. The second-order valence-electron chi connectivity index (χ2n) is 9.76. The molecule has 2 aliphatic rings. The van der Waals surface area contributed by atoms with Crippen molar-refractivity contribution < 1.29 is 13.2 Å². The molecule has 0 aliphatic carbocycles. The van der Waals surface area contributed by atoms with Gasteiger partial charge in [-0.2, -0.15) is 23.4 Å². The zero-order valence-corrected chi connectivity index (χ0v) is 18.1. The molecule has 166 valence electrons. The maximum Gasteiger partial charge on any atom is 0.410 e. The summed E-state index contributed by atoms with van der Waals surface area (Å²) in [6, 6.07) is -0.00924. The zero-order valence-electron chi connectivity index (χ0n) is 18.1. The third kappa shape index (κ3) is 4.22. The van der Waals surface area contributed by atoms with Gasteiger partial charge in [0.1, 0.15) is 5.82 Å². The van der Waals surface area contributed by atoms with Crippen molar-refractivity contribution in [3.05, 3.63) is 29.7 Å². The van der Waals surface area contributed by atoms with Gasteiger partial charge in [0.05, 0.1) is 17.9 Å². The molecule has 30 heavy (non-hydrogen) atoms. The van der Waals surface area contributed by atoms with E-state index in [-0.39, 0.29) is 23.9 Å². The summed E-state index contributed by atoms with van der Waals surface area (Å²) < 4.78 is 44.6. The van der Waals surface area contributed by atoms with Crippen molar-refractivity contribution in [1.82, 2.24) is 24.5 Å². The highest BCUT2D eigenvalue weighted by molar-refractivity contribution is 5.42. The van der Waals surface area contributed by atoms with E-state index in [1.54, 1.807) is 4.68 Å². The summed E-state index contributed by atoms with van der Waals surface area (Å²) in [5.41, 5.74) is 1.55. The zero-order chi connectivity index (χ0) is 21.7. The van der Waals surface area contributed by atoms with Crippen LogP contribution in [-0.4, -0.2) is 43.2 Å². The van der Waals surface area contributed by atoms with Gasteiger partial charge in [-0.05, 0) is 31.2 Å². The maximum absolute atomic E-state index is 13.9. The van der Waals surface area contributed by atoms with Crippen molar-refractivity contribution in [2.24, 2.45) is 12.5 Å². The lowest BCUT2D eigenvalue weighted by Crippen LogP contribution is -2.44. The Morgan fingerprint density at radius 3 is 2.60 bits per heavy atom. The van der Waals surface area contributed by atoms with Gasteiger partial charge in [0.25, 0.3) is 0 Å². The van der Waals surface area contributed by atoms with E-state index in [1.165, 1.54) is 4.68 Å². The van der Waals surface area contributed by atoms with E-state index >= 15 is 0 Å². The third-order valence-electron chi connectivity index (χ3n) is 6.35. The van der Waals surface area contributed by atoms with Crippen molar-refractivity contribution in [3.63, 3.8) is 0 Å². The second kappa shape index (κ2) is 7.59. The Balaban J connectivity index is 1.64. The summed E-state index contributed by atoms with van der Waals surface area (Å²) in [6.45, 7) is 7.55. The summed E-state index contributed by atoms with van der Waals surface area (Å²) >= 11 is 0. The summed E-state index contributed by atoms with van der Waals surface area (Å²) in [6.07, 6.45) is 2.53. The van der Waals surface area contributed by atoms with Crippen LogP contribution in [0.25, 0.3) is 0 Å². The van der Waals surface area contributed by atoms with Gasteiger partial charge in [0, 0.05) is 37.5 Å². The van der Waals surface area contributed by atoms with Crippen LogP contribution < -0.4 is 5.32 Å². The van der Waals surface area contributed by atoms with E-state index in [9.17, 15) is 13.2 Å². The van der Waals surface area contributed by atoms with Gasteiger partial charge >= 0.3 is 6.18 Å². The number of aryl methyl sites for hydroxylation is 1. The van der Waals surface area contributed by atoms with Crippen LogP contribution in [0.3, 0.4) is 0 Å². The largest absolute Gasteiger partial charge is 0.410 e. The first kappa shape index (κ1) is 21.2. The molecule has 0 aromatic carbocycles. The van der Waals surface area contributed by atoms with Gasteiger partial charge in [-0.15, -0.1) is 0 Å². The van der Waals surface area contributed by atoms with Crippen LogP contribution >= 0.6 is 0 Å². The first-order valence-electron chi connectivity index (χ1n) is 10.7. The highest BCUT2D eigenvalue weighted by Crippen LogP contribution is 2.44. The molecule has 0 spiro atoms. The second-order valence-corrected chi connectivity index (χ2v) is 9.76. The molecule has 9 heteroatoms. The van der Waals surface area contributed by atoms with Crippen LogP contribution in [0.15, 0.2) is 18.5 Å². The Hall–Kier alpha value is -2.03. The summed E-state index contributed by atoms with van der Waals surface area (Å²) in [4.78, 5) is 2.32. The fraction of sp³-hybridized carbons (Fsp3) is 0.714. The quantitative estimate of drug-likeness (QED) is 0.778. The number of nitrogens with one attached hydrogen (secondary N) is 1. The van der Waals surface area contributed by atoms with Crippen LogP contribution in [0.2, 0.25) is 0 Å². The standard InChI is InChI=1S/C21H31F3N6/c1-20(2,3)17-10-18(21(22,23)24)30-19(26-17)9-15(27-30)16-7-5-6-8-29(16)13-14-11-25-28(4)12-14/h9,11-12,16-18,26H,5-8,10,13H2,1-4H3/t16?,17-,18+/m0/s1. The van der Waals surface area contributed by atoms with E-state index in [0.717, 1.165) is 43.6 Å². The van der Waals surface area contributed by atoms with Crippen molar-refractivity contribution in [1.29, 1.82) is 0 Å².